The predicted molar refractivity (Wildman–Crippen MR) is 79.8 cm³/mol. The van der Waals surface area contributed by atoms with E-state index in [1.807, 2.05) is 25.1 Å². The molecule has 2 aromatic rings. The SMILES string of the molecule is CCCNc1cncc(Oc2ccc(Br)cc2C)n1. The average molecular weight is 322 g/mol. The molecule has 0 bridgehead atoms. The van der Waals surface area contributed by atoms with Crippen LogP contribution >= 0.6 is 15.9 Å². The first kappa shape index (κ1) is 13.8. The molecular weight excluding hydrogens is 306 g/mol. The van der Waals surface area contributed by atoms with E-state index in [2.05, 4.69) is 38.1 Å². The Labute approximate surface area is 121 Å². The van der Waals surface area contributed by atoms with Gasteiger partial charge in [0.15, 0.2) is 0 Å². The van der Waals surface area contributed by atoms with Crippen molar-refractivity contribution in [2.24, 2.45) is 0 Å². The van der Waals surface area contributed by atoms with Gasteiger partial charge in [-0.15, -0.1) is 0 Å². The molecule has 0 saturated carbocycles. The number of aryl methyl sites for hydroxylation is 1. The van der Waals surface area contributed by atoms with E-state index >= 15 is 0 Å². The summed E-state index contributed by atoms with van der Waals surface area (Å²) in [6, 6.07) is 5.85. The Morgan fingerprint density at radius 1 is 1.32 bits per heavy atom. The largest absolute Gasteiger partial charge is 0.437 e. The molecule has 1 N–H and O–H groups in total. The highest BCUT2D eigenvalue weighted by molar-refractivity contribution is 9.10. The van der Waals surface area contributed by atoms with Crippen molar-refractivity contribution in [1.82, 2.24) is 9.97 Å². The highest BCUT2D eigenvalue weighted by Gasteiger charge is 2.04. The van der Waals surface area contributed by atoms with Crippen molar-refractivity contribution in [1.29, 1.82) is 0 Å². The first-order valence-electron chi connectivity index (χ1n) is 6.19. The first-order valence-corrected chi connectivity index (χ1v) is 6.98. The minimum absolute atomic E-state index is 0.492. The van der Waals surface area contributed by atoms with Crippen LogP contribution in [0.25, 0.3) is 0 Å². The molecule has 2 rings (SSSR count). The fourth-order valence-corrected chi connectivity index (χ4v) is 2.05. The summed E-state index contributed by atoms with van der Waals surface area (Å²) in [7, 11) is 0. The monoisotopic (exact) mass is 321 g/mol. The molecule has 19 heavy (non-hydrogen) atoms. The molecule has 5 heteroatoms. The molecule has 0 spiro atoms. The van der Waals surface area contributed by atoms with Gasteiger partial charge in [0.05, 0.1) is 12.4 Å². The van der Waals surface area contributed by atoms with Crippen LogP contribution in [-0.4, -0.2) is 16.5 Å². The van der Waals surface area contributed by atoms with E-state index in [1.54, 1.807) is 12.4 Å². The first-order chi connectivity index (χ1) is 9.19. The molecule has 4 nitrogen and oxygen atoms in total. The molecule has 0 aliphatic heterocycles. The van der Waals surface area contributed by atoms with Gasteiger partial charge in [0.2, 0.25) is 5.88 Å². The number of hydrogen-bond donors (Lipinski definition) is 1. The Balaban J connectivity index is 2.14. The van der Waals surface area contributed by atoms with E-state index in [1.165, 1.54) is 0 Å². The lowest BCUT2D eigenvalue weighted by Gasteiger charge is -2.09. The Kier molecular flexibility index (Phi) is 4.74. The zero-order chi connectivity index (χ0) is 13.7. The highest BCUT2D eigenvalue weighted by Crippen LogP contribution is 2.26. The van der Waals surface area contributed by atoms with Crippen molar-refractivity contribution in [3.05, 3.63) is 40.6 Å². The lowest BCUT2D eigenvalue weighted by Crippen LogP contribution is -2.03. The molecule has 100 valence electrons. The second kappa shape index (κ2) is 6.52. The van der Waals surface area contributed by atoms with Gasteiger partial charge in [-0.25, -0.2) is 0 Å². The second-order valence-corrected chi connectivity index (χ2v) is 5.10. The van der Waals surface area contributed by atoms with Gasteiger partial charge in [-0.3, -0.25) is 4.98 Å². The van der Waals surface area contributed by atoms with Crippen molar-refractivity contribution in [3.63, 3.8) is 0 Å². The topological polar surface area (TPSA) is 47.0 Å². The number of halogens is 1. The third-order valence-corrected chi connectivity index (χ3v) is 3.01. The standard InChI is InChI=1S/C14H16BrN3O/c1-3-6-17-13-8-16-9-14(18-13)19-12-5-4-11(15)7-10(12)2/h4-5,7-9H,3,6H2,1-2H3,(H,17,18). The summed E-state index contributed by atoms with van der Waals surface area (Å²) in [4.78, 5) is 8.48. The van der Waals surface area contributed by atoms with Gasteiger partial charge in [-0.05, 0) is 37.1 Å². The van der Waals surface area contributed by atoms with Crippen LogP contribution in [-0.2, 0) is 0 Å². The fraction of sp³-hybridized carbons (Fsp3) is 0.286. The van der Waals surface area contributed by atoms with Crippen LogP contribution in [0.4, 0.5) is 5.82 Å². The Morgan fingerprint density at radius 2 is 2.16 bits per heavy atom. The van der Waals surface area contributed by atoms with Crippen LogP contribution in [0.15, 0.2) is 35.1 Å². The third-order valence-electron chi connectivity index (χ3n) is 2.52. The predicted octanol–water partition coefficient (Wildman–Crippen LogP) is 4.16. The van der Waals surface area contributed by atoms with Crippen molar-refractivity contribution in [2.45, 2.75) is 20.3 Å². The lowest BCUT2D eigenvalue weighted by molar-refractivity contribution is 0.457. The van der Waals surface area contributed by atoms with Gasteiger partial charge in [0.25, 0.3) is 0 Å². The maximum atomic E-state index is 5.75. The van der Waals surface area contributed by atoms with Crippen LogP contribution in [0.5, 0.6) is 11.6 Å². The van der Waals surface area contributed by atoms with Crippen LogP contribution in [0.3, 0.4) is 0 Å². The van der Waals surface area contributed by atoms with Crippen molar-refractivity contribution in [3.8, 4) is 11.6 Å². The second-order valence-electron chi connectivity index (χ2n) is 4.18. The van der Waals surface area contributed by atoms with E-state index in [4.69, 9.17) is 4.74 Å². The third kappa shape index (κ3) is 3.92. The van der Waals surface area contributed by atoms with Gasteiger partial charge < -0.3 is 10.1 Å². The number of ether oxygens (including phenoxy) is 1. The van der Waals surface area contributed by atoms with Crippen LogP contribution in [0.1, 0.15) is 18.9 Å². The minimum atomic E-state index is 0.492. The van der Waals surface area contributed by atoms with E-state index < -0.39 is 0 Å². The number of nitrogens with zero attached hydrogens (tertiary/aromatic N) is 2. The molecule has 1 aromatic heterocycles. The summed E-state index contributed by atoms with van der Waals surface area (Å²) in [6.45, 7) is 4.97. The molecule has 0 atom stereocenters. The molecule has 0 saturated heterocycles. The minimum Gasteiger partial charge on any atom is -0.437 e. The number of nitrogens with one attached hydrogen (secondary N) is 1. The molecule has 1 heterocycles. The van der Waals surface area contributed by atoms with Gasteiger partial charge in [0, 0.05) is 11.0 Å². The summed E-state index contributed by atoms with van der Waals surface area (Å²) in [5.41, 5.74) is 1.04. The summed E-state index contributed by atoms with van der Waals surface area (Å²) in [5.74, 6) is 2.01. The molecule has 0 amide bonds. The molecular formula is C14H16BrN3O. The van der Waals surface area contributed by atoms with Gasteiger partial charge in [-0.1, -0.05) is 22.9 Å². The summed E-state index contributed by atoms with van der Waals surface area (Å²) < 4.78 is 6.78. The lowest BCUT2D eigenvalue weighted by atomic mass is 10.2. The van der Waals surface area contributed by atoms with Crippen molar-refractivity contribution in [2.75, 3.05) is 11.9 Å². The summed E-state index contributed by atoms with van der Waals surface area (Å²) in [6.07, 6.45) is 4.34. The maximum Gasteiger partial charge on any atom is 0.239 e. The summed E-state index contributed by atoms with van der Waals surface area (Å²) >= 11 is 3.43. The molecule has 0 unspecified atom stereocenters. The Bertz CT molecular complexity index is 560. The number of benzene rings is 1. The Morgan fingerprint density at radius 3 is 2.89 bits per heavy atom. The smallest absolute Gasteiger partial charge is 0.239 e. The number of hydrogen-bond acceptors (Lipinski definition) is 4. The van der Waals surface area contributed by atoms with Crippen LogP contribution in [0.2, 0.25) is 0 Å². The number of rotatable bonds is 5. The molecule has 0 aliphatic rings. The zero-order valence-electron chi connectivity index (χ0n) is 11.0. The Hall–Kier alpha value is -1.62. The van der Waals surface area contributed by atoms with Gasteiger partial charge >= 0.3 is 0 Å². The normalized spacial score (nSPS) is 10.3. The van der Waals surface area contributed by atoms with Gasteiger partial charge in [0.1, 0.15) is 11.6 Å². The molecule has 0 radical (unpaired) electrons. The van der Waals surface area contributed by atoms with Crippen molar-refractivity contribution < 1.29 is 4.74 Å². The zero-order valence-corrected chi connectivity index (χ0v) is 12.6. The average Bonchev–Trinajstić information content (AvgIpc) is 2.40. The van der Waals surface area contributed by atoms with E-state index in [0.717, 1.165) is 34.6 Å². The van der Waals surface area contributed by atoms with Crippen molar-refractivity contribution >= 4 is 21.7 Å². The highest BCUT2D eigenvalue weighted by atomic mass is 79.9. The molecule has 0 fully saturated rings. The van der Waals surface area contributed by atoms with E-state index in [-0.39, 0.29) is 0 Å². The van der Waals surface area contributed by atoms with Gasteiger partial charge in [-0.2, -0.15) is 4.98 Å². The quantitative estimate of drug-likeness (QED) is 0.898. The number of anilines is 1. The summed E-state index contributed by atoms with van der Waals surface area (Å²) in [5, 5.41) is 3.18. The van der Waals surface area contributed by atoms with E-state index in [0.29, 0.717) is 5.88 Å². The maximum absolute atomic E-state index is 5.75. The fourth-order valence-electron chi connectivity index (χ4n) is 1.58. The van der Waals surface area contributed by atoms with E-state index in [9.17, 15) is 0 Å². The molecule has 1 aromatic carbocycles. The molecule has 0 aliphatic carbocycles. The number of aromatic nitrogens is 2. The van der Waals surface area contributed by atoms with Crippen LogP contribution in [0, 0.1) is 6.92 Å². The van der Waals surface area contributed by atoms with Crippen LogP contribution < -0.4 is 10.1 Å².